The summed E-state index contributed by atoms with van der Waals surface area (Å²) >= 11 is 0. The van der Waals surface area contributed by atoms with Crippen LogP contribution in [0.3, 0.4) is 0 Å². The van der Waals surface area contributed by atoms with Gasteiger partial charge in [-0.3, -0.25) is 4.79 Å². The lowest BCUT2D eigenvalue weighted by molar-refractivity contribution is -0.139. The fourth-order valence-electron chi connectivity index (χ4n) is 2.63. The molecule has 1 atom stereocenters. The number of nitrogen functional groups attached to an aromatic ring is 2. The van der Waals surface area contributed by atoms with Crippen LogP contribution in [0.2, 0.25) is 0 Å². The van der Waals surface area contributed by atoms with Gasteiger partial charge in [-0.15, -0.1) is 0 Å². The second-order valence-corrected chi connectivity index (χ2v) is 6.49. The molecule has 0 radical (unpaired) electrons. The molecule has 0 saturated heterocycles. The molecule has 0 fully saturated rings. The monoisotopic (exact) mass is 398 g/mol. The topological polar surface area (TPSA) is 169 Å². The Morgan fingerprint density at radius 3 is 2.28 bits per heavy atom. The van der Waals surface area contributed by atoms with E-state index in [2.05, 4.69) is 16.9 Å². The number of anilines is 2. The minimum Gasteiger partial charge on any atom is -0.480 e. The lowest BCUT2D eigenvalue weighted by atomic mass is 10.0. The molecular formula is C20H22N4O5. The summed E-state index contributed by atoms with van der Waals surface area (Å²) in [7, 11) is 0. The number of aryl methyl sites for hydroxylation is 2. The number of amides is 1. The van der Waals surface area contributed by atoms with Gasteiger partial charge in [0.25, 0.3) is 5.91 Å². The number of hydrogen-bond acceptors (Lipinski definition) is 6. The second kappa shape index (κ2) is 9.36. The van der Waals surface area contributed by atoms with Crippen molar-refractivity contribution in [3.8, 4) is 0 Å². The van der Waals surface area contributed by atoms with Crippen LogP contribution < -0.4 is 16.8 Å². The van der Waals surface area contributed by atoms with E-state index in [1.54, 1.807) is 36.4 Å². The molecule has 1 amide bonds. The Morgan fingerprint density at radius 1 is 1.07 bits per heavy atom. The quantitative estimate of drug-likeness (QED) is 0.393. The van der Waals surface area contributed by atoms with Gasteiger partial charge in [-0.2, -0.15) is 0 Å². The summed E-state index contributed by atoms with van der Waals surface area (Å²) in [5.74, 6) is -2.92. The van der Waals surface area contributed by atoms with Crippen molar-refractivity contribution in [3.05, 3.63) is 65.4 Å². The van der Waals surface area contributed by atoms with Crippen molar-refractivity contribution in [3.63, 3.8) is 0 Å². The van der Waals surface area contributed by atoms with Crippen LogP contribution in [0.25, 0.3) is 0 Å². The van der Waals surface area contributed by atoms with Crippen LogP contribution in [0.4, 0.5) is 11.5 Å². The van der Waals surface area contributed by atoms with Crippen molar-refractivity contribution >= 4 is 29.4 Å². The number of pyridine rings is 1. The normalized spacial score (nSPS) is 11.4. The van der Waals surface area contributed by atoms with Crippen LogP contribution in [-0.4, -0.2) is 39.1 Å². The van der Waals surface area contributed by atoms with E-state index in [1.165, 1.54) is 0 Å². The summed E-state index contributed by atoms with van der Waals surface area (Å²) < 4.78 is 0. The Morgan fingerprint density at radius 2 is 1.72 bits per heavy atom. The first-order valence-corrected chi connectivity index (χ1v) is 8.71. The molecule has 29 heavy (non-hydrogen) atoms. The van der Waals surface area contributed by atoms with E-state index < -0.39 is 30.3 Å². The van der Waals surface area contributed by atoms with Gasteiger partial charge in [-0.25, -0.2) is 14.6 Å². The first-order chi connectivity index (χ1) is 13.7. The van der Waals surface area contributed by atoms with Crippen LogP contribution in [0.15, 0.2) is 48.6 Å². The smallest absolute Gasteiger partial charge is 0.331 e. The summed E-state index contributed by atoms with van der Waals surface area (Å²) in [5, 5.41) is 20.3. The van der Waals surface area contributed by atoms with E-state index in [9.17, 15) is 19.5 Å². The molecule has 2 aromatic rings. The number of nitrogens with two attached hydrogens (primary N) is 2. The van der Waals surface area contributed by atoms with Gasteiger partial charge in [-0.05, 0) is 36.6 Å². The van der Waals surface area contributed by atoms with Crippen molar-refractivity contribution in [1.82, 2.24) is 10.3 Å². The number of carbonyl (C=O) groups excluding carboxylic acids is 1. The van der Waals surface area contributed by atoms with E-state index in [-0.39, 0.29) is 11.1 Å². The standard InChI is InChI=1S/C20H22N4O5/c1-11(19(26)27)8-16(20(28)29)24-18(25)13-5-2-12(3-6-13)4-7-15-9-14(21)10-17(22)23-15/h2-3,5-6,9-10,16H,1,4,7-8H2,(H,24,25)(H,26,27)(H,28,29)(H4,21,22,23)/t16-/m0/s1. The Kier molecular flexibility index (Phi) is 6.91. The van der Waals surface area contributed by atoms with Gasteiger partial charge in [0.05, 0.1) is 0 Å². The van der Waals surface area contributed by atoms with Crippen molar-refractivity contribution in [2.75, 3.05) is 11.5 Å². The maximum Gasteiger partial charge on any atom is 0.331 e. The molecule has 0 aliphatic rings. The van der Waals surface area contributed by atoms with Crippen molar-refractivity contribution in [2.45, 2.75) is 25.3 Å². The lowest BCUT2D eigenvalue weighted by Gasteiger charge is -2.14. The third kappa shape index (κ3) is 6.35. The number of carbonyl (C=O) groups is 3. The minimum atomic E-state index is -1.38. The first-order valence-electron chi connectivity index (χ1n) is 8.71. The first kappa shape index (κ1) is 21.4. The molecule has 1 aromatic carbocycles. The van der Waals surface area contributed by atoms with E-state index >= 15 is 0 Å². The van der Waals surface area contributed by atoms with Crippen LogP contribution in [-0.2, 0) is 22.4 Å². The molecule has 0 saturated carbocycles. The predicted molar refractivity (Wildman–Crippen MR) is 107 cm³/mol. The Balaban J connectivity index is 1.99. The van der Waals surface area contributed by atoms with Gasteiger partial charge in [0.2, 0.25) is 0 Å². The molecule has 0 spiro atoms. The summed E-state index contributed by atoms with van der Waals surface area (Å²) in [6.45, 7) is 3.29. The van der Waals surface area contributed by atoms with Gasteiger partial charge < -0.3 is 27.0 Å². The molecule has 0 bridgehead atoms. The van der Waals surface area contributed by atoms with Gasteiger partial charge in [-0.1, -0.05) is 18.7 Å². The molecule has 0 aliphatic carbocycles. The van der Waals surface area contributed by atoms with E-state index in [1.807, 2.05) is 0 Å². The highest BCUT2D eigenvalue weighted by Gasteiger charge is 2.23. The number of carboxylic acids is 2. The Bertz CT molecular complexity index is 920. The number of nitrogens with zero attached hydrogens (tertiary/aromatic N) is 1. The SMILES string of the molecule is C=C(C[C@H](NC(=O)c1ccc(CCc2cc(N)cc(N)n2)cc1)C(=O)O)C(=O)O. The van der Waals surface area contributed by atoms with Crippen molar-refractivity contribution < 1.29 is 24.6 Å². The fourth-order valence-corrected chi connectivity index (χ4v) is 2.63. The zero-order chi connectivity index (χ0) is 21.6. The largest absolute Gasteiger partial charge is 0.480 e. The third-order valence-electron chi connectivity index (χ3n) is 4.16. The summed E-state index contributed by atoms with van der Waals surface area (Å²) in [6.07, 6.45) is 0.859. The molecular weight excluding hydrogens is 376 g/mol. The predicted octanol–water partition coefficient (Wildman–Crippen LogP) is 1.25. The highest BCUT2D eigenvalue weighted by molar-refractivity contribution is 5.97. The number of nitrogens with one attached hydrogen (secondary N) is 1. The molecule has 2 rings (SSSR count). The lowest BCUT2D eigenvalue weighted by Crippen LogP contribution is -2.41. The molecule has 1 aromatic heterocycles. The average molecular weight is 398 g/mol. The maximum absolute atomic E-state index is 12.3. The van der Waals surface area contributed by atoms with Gasteiger partial charge in [0, 0.05) is 35.0 Å². The molecule has 152 valence electrons. The molecule has 0 unspecified atom stereocenters. The zero-order valence-corrected chi connectivity index (χ0v) is 15.6. The number of aliphatic carboxylic acids is 2. The number of rotatable bonds is 9. The van der Waals surface area contributed by atoms with Crippen molar-refractivity contribution in [1.29, 1.82) is 0 Å². The highest BCUT2D eigenvalue weighted by Crippen LogP contribution is 2.13. The van der Waals surface area contributed by atoms with E-state index in [4.69, 9.17) is 16.6 Å². The number of carboxylic acid groups (broad SMARTS) is 2. The average Bonchev–Trinajstić information content (AvgIpc) is 2.65. The molecule has 9 nitrogen and oxygen atoms in total. The van der Waals surface area contributed by atoms with Crippen molar-refractivity contribution in [2.24, 2.45) is 0 Å². The summed E-state index contributed by atoms with van der Waals surface area (Å²) in [4.78, 5) is 38.6. The second-order valence-electron chi connectivity index (χ2n) is 6.49. The minimum absolute atomic E-state index is 0.257. The molecule has 7 N–H and O–H groups in total. The molecule has 0 aliphatic heterocycles. The van der Waals surface area contributed by atoms with Crippen LogP contribution >= 0.6 is 0 Å². The fraction of sp³-hybridized carbons (Fsp3) is 0.200. The van der Waals surface area contributed by atoms with Crippen LogP contribution in [0.1, 0.15) is 28.0 Å². The van der Waals surface area contributed by atoms with Gasteiger partial charge in [0.1, 0.15) is 11.9 Å². The van der Waals surface area contributed by atoms with Gasteiger partial charge in [0.15, 0.2) is 0 Å². The van der Waals surface area contributed by atoms with Crippen LogP contribution in [0.5, 0.6) is 0 Å². The number of aromatic nitrogens is 1. The Hall–Kier alpha value is -3.88. The number of hydrogen-bond donors (Lipinski definition) is 5. The summed E-state index contributed by atoms with van der Waals surface area (Å²) in [6, 6.07) is 8.56. The van der Waals surface area contributed by atoms with Gasteiger partial charge >= 0.3 is 11.9 Å². The van der Waals surface area contributed by atoms with Crippen LogP contribution in [0, 0.1) is 0 Å². The zero-order valence-electron chi connectivity index (χ0n) is 15.6. The maximum atomic E-state index is 12.3. The number of benzene rings is 1. The summed E-state index contributed by atoms with van der Waals surface area (Å²) in [5.41, 5.74) is 13.6. The Labute approximate surface area is 167 Å². The highest BCUT2D eigenvalue weighted by atomic mass is 16.4. The molecule has 1 heterocycles. The van der Waals surface area contributed by atoms with E-state index in [0.717, 1.165) is 11.3 Å². The van der Waals surface area contributed by atoms with E-state index in [0.29, 0.717) is 24.3 Å². The molecule has 9 heteroatoms. The third-order valence-corrected chi connectivity index (χ3v) is 4.16.